The van der Waals surface area contributed by atoms with Gasteiger partial charge in [-0.2, -0.15) is 0 Å². The van der Waals surface area contributed by atoms with Crippen LogP contribution in [0.1, 0.15) is 17.0 Å². The van der Waals surface area contributed by atoms with Crippen LogP contribution in [0.5, 0.6) is 0 Å². The maximum absolute atomic E-state index is 13.2. The van der Waals surface area contributed by atoms with Gasteiger partial charge in [0.05, 0.1) is 5.92 Å². The summed E-state index contributed by atoms with van der Waals surface area (Å²) in [5.74, 6) is -2.43. The quantitative estimate of drug-likeness (QED) is 0.870. The van der Waals surface area contributed by atoms with Crippen molar-refractivity contribution in [2.75, 3.05) is 0 Å². The molecule has 0 aliphatic rings. The molecule has 6 heteroatoms. The number of carboxylic acids is 1. The molecule has 104 valence electrons. The average molecular weight is 314 g/mol. The smallest absolute Gasteiger partial charge is 0.311 e. The minimum Gasteiger partial charge on any atom is -0.481 e. The lowest BCUT2D eigenvalue weighted by Crippen LogP contribution is -2.15. The van der Waals surface area contributed by atoms with Gasteiger partial charge in [-0.05, 0) is 35.7 Å². The van der Waals surface area contributed by atoms with E-state index in [0.717, 1.165) is 0 Å². The van der Waals surface area contributed by atoms with E-state index in [-0.39, 0.29) is 11.6 Å². The number of hydrogen-bond acceptors (Lipinski definition) is 2. The standard InChI is InChI=1S/C14H10Cl2FNO2/c15-12-6-13(16)18-7-9(12)5-11(14(19)20)8-2-1-3-10(17)4-8/h1-4,6-7,11H,5H2,(H,19,20). The van der Waals surface area contributed by atoms with E-state index in [4.69, 9.17) is 23.2 Å². The van der Waals surface area contributed by atoms with Crippen molar-refractivity contribution in [2.45, 2.75) is 12.3 Å². The molecule has 1 heterocycles. The molecular formula is C14H10Cl2FNO2. The Bertz CT molecular complexity index is 649. The van der Waals surface area contributed by atoms with Gasteiger partial charge in [0.25, 0.3) is 0 Å². The number of nitrogens with zero attached hydrogens (tertiary/aromatic N) is 1. The summed E-state index contributed by atoms with van der Waals surface area (Å²) in [6, 6.07) is 6.96. The fourth-order valence-corrected chi connectivity index (χ4v) is 2.32. The predicted octanol–water partition coefficient (Wildman–Crippen LogP) is 3.94. The number of benzene rings is 1. The van der Waals surface area contributed by atoms with Crippen LogP contribution in [-0.2, 0) is 11.2 Å². The molecule has 0 saturated carbocycles. The molecule has 0 radical (unpaired) electrons. The number of rotatable bonds is 4. The molecule has 0 spiro atoms. The Morgan fingerprint density at radius 1 is 1.35 bits per heavy atom. The summed E-state index contributed by atoms with van der Waals surface area (Å²) in [4.78, 5) is 15.3. The highest BCUT2D eigenvalue weighted by molar-refractivity contribution is 6.34. The molecule has 1 aromatic carbocycles. The number of aliphatic carboxylic acids is 1. The van der Waals surface area contributed by atoms with Crippen LogP contribution in [0.25, 0.3) is 0 Å². The fourth-order valence-electron chi connectivity index (χ4n) is 1.88. The first-order valence-electron chi connectivity index (χ1n) is 5.75. The van der Waals surface area contributed by atoms with E-state index in [0.29, 0.717) is 16.1 Å². The van der Waals surface area contributed by atoms with Gasteiger partial charge in [-0.3, -0.25) is 4.79 Å². The zero-order valence-corrected chi connectivity index (χ0v) is 11.7. The summed E-state index contributed by atoms with van der Waals surface area (Å²) < 4.78 is 13.2. The van der Waals surface area contributed by atoms with E-state index < -0.39 is 17.7 Å². The van der Waals surface area contributed by atoms with Crippen molar-refractivity contribution in [3.8, 4) is 0 Å². The summed E-state index contributed by atoms with van der Waals surface area (Å²) in [6.07, 6.45) is 1.54. The van der Waals surface area contributed by atoms with E-state index in [1.807, 2.05) is 0 Å². The highest BCUT2D eigenvalue weighted by Gasteiger charge is 2.22. The largest absolute Gasteiger partial charge is 0.481 e. The van der Waals surface area contributed by atoms with Crippen LogP contribution in [0, 0.1) is 5.82 Å². The SMILES string of the molecule is O=C(O)C(Cc1cnc(Cl)cc1Cl)c1cccc(F)c1. The second kappa shape index (κ2) is 6.20. The van der Waals surface area contributed by atoms with Crippen LogP contribution in [0.2, 0.25) is 10.2 Å². The minimum atomic E-state index is -1.05. The molecule has 2 rings (SSSR count). The Kier molecular flexibility index (Phi) is 4.57. The van der Waals surface area contributed by atoms with E-state index >= 15 is 0 Å². The molecule has 1 atom stereocenters. The van der Waals surface area contributed by atoms with Crippen LogP contribution in [0.15, 0.2) is 36.5 Å². The van der Waals surface area contributed by atoms with Crippen molar-refractivity contribution in [1.82, 2.24) is 4.98 Å². The number of aromatic nitrogens is 1. The molecule has 0 aliphatic heterocycles. The van der Waals surface area contributed by atoms with Gasteiger partial charge in [-0.1, -0.05) is 35.3 Å². The number of carboxylic acid groups (broad SMARTS) is 1. The molecule has 1 aromatic heterocycles. The van der Waals surface area contributed by atoms with Gasteiger partial charge in [-0.15, -0.1) is 0 Å². The van der Waals surface area contributed by atoms with Crippen LogP contribution >= 0.6 is 23.2 Å². The normalized spacial score (nSPS) is 12.2. The third kappa shape index (κ3) is 3.46. The Labute approximate surface area is 125 Å². The molecule has 0 saturated heterocycles. The molecule has 1 N–H and O–H groups in total. The maximum atomic E-state index is 13.2. The molecule has 1 unspecified atom stereocenters. The molecule has 3 nitrogen and oxygen atoms in total. The van der Waals surface area contributed by atoms with Crippen LogP contribution in [-0.4, -0.2) is 16.1 Å². The summed E-state index contributed by atoms with van der Waals surface area (Å²) in [7, 11) is 0. The topological polar surface area (TPSA) is 50.2 Å². The summed E-state index contributed by atoms with van der Waals surface area (Å²) >= 11 is 11.7. The number of pyridine rings is 1. The van der Waals surface area contributed by atoms with Crippen LogP contribution < -0.4 is 0 Å². The van der Waals surface area contributed by atoms with Crippen molar-refractivity contribution in [1.29, 1.82) is 0 Å². The van der Waals surface area contributed by atoms with E-state index in [1.54, 1.807) is 6.07 Å². The molecule has 0 amide bonds. The van der Waals surface area contributed by atoms with Gasteiger partial charge in [0, 0.05) is 11.2 Å². The molecular weight excluding hydrogens is 304 g/mol. The van der Waals surface area contributed by atoms with E-state index in [2.05, 4.69) is 4.98 Å². The first-order valence-corrected chi connectivity index (χ1v) is 6.51. The van der Waals surface area contributed by atoms with Crippen LogP contribution in [0.3, 0.4) is 0 Å². The van der Waals surface area contributed by atoms with Gasteiger partial charge < -0.3 is 5.11 Å². The van der Waals surface area contributed by atoms with Gasteiger partial charge in [0.1, 0.15) is 11.0 Å². The second-order valence-electron chi connectivity index (χ2n) is 4.25. The molecule has 0 fully saturated rings. The average Bonchev–Trinajstić information content (AvgIpc) is 2.37. The lowest BCUT2D eigenvalue weighted by molar-refractivity contribution is -0.138. The maximum Gasteiger partial charge on any atom is 0.311 e. The minimum absolute atomic E-state index is 0.113. The van der Waals surface area contributed by atoms with Gasteiger partial charge >= 0.3 is 5.97 Å². The lowest BCUT2D eigenvalue weighted by Gasteiger charge is -2.13. The second-order valence-corrected chi connectivity index (χ2v) is 5.04. The van der Waals surface area contributed by atoms with E-state index in [1.165, 1.54) is 30.5 Å². The van der Waals surface area contributed by atoms with E-state index in [9.17, 15) is 14.3 Å². The Balaban J connectivity index is 2.33. The van der Waals surface area contributed by atoms with Gasteiger partial charge in [-0.25, -0.2) is 9.37 Å². The van der Waals surface area contributed by atoms with Gasteiger partial charge in [0.2, 0.25) is 0 Å². The number of hydrogen-bond donors (Lipinski definition) is 1. The summed E-state index contributed by atoms with van der Waals surface area (Å²) in [5, 5.41) is 9.89. The Hall–Kier alpha value is -1.65. The molecule has 20 heavy (non-hydrogen) atoms. The summed E-state index contributed by atoms with van der Waals surface area (Å²) in [6.45, 7) is 0. The Morgan fingerprint density at radius 3 is 2.70 bits per heavy atom. The fraction of sp³-hybridized carbons (Fsp3) is 0.143. The van der Waals surface area contributed by atoms with Gasteiger partial charge in [0.15, 0.2) is 0 Å². The molecule has 2 aromatic rings. The monoisotopic (exact) mass is 313 g/mol. The van der Waals surface area contributed by atoms with Crippen molar-refractivity contribution >= 4 is 29.2 Å². The third-order valence-corrected chi connectivity index (χ3v) is 3.43. The predicted molar refractivity (Wildman–Crippen MR) is 74.7 cm³/mol. The lowest BCUT2D eigenvalue weighted by atomic mass is 9.92. The summed E-state index contributed by atoms with van der Waals surface area (Å²) in [5.41, 5.74) is 0.927. The van der Waals surface area contributed by atoms with Crippen molar-refractivity contribution in [3.05, 3.63) is 63.6 Å². The van der Waals surface area contributed by atoms with Crippen LogP contribution in [0.4, 0.5) is 4.39 Å². The first kappa shape index (κ1) is 14.8. The highest BCUT2D eigenvalue weighted by Crippen LogP contribution is 2.27. The Morgan fingerprint density at radius 2 is 2.10 bits per heavy atom. The van der Waals surface area contributed by atoms with Crippen molar-refractivity contribution in [2.24, 2.45) is 0 Å². The van der Waals surface area contributed by atoms with Crippen molar-refractivity contribution in [3.63, 3.8) is 0 Å². The molecule has 0 bridgehead atoms. The van der Waals surface area contributed by atoms with Crippen molar-refractivity contribution < 1.29 is 14.3 Å². The first-order chi connectivity index (χ1) is 9.47. The third-order valence-electron chi connectivity index (χ3n) is 2.87. The molecule has 0 aliphatic carbocycles. The zero-order valence-electron chi connectivity index (χ0n) is 10.2. The number of carbonyl (C=O) groups is 1. The zero-order chi connectivity index (χ0) is 14.7. The number of halogens is 3. The highest BCUT2D eigenvalue weighted by atomic mass is 35.5.